The van der Waals surface area contributed by atoms with Crippen LogP contribution in [0, 0.1) is 5.92 Å². The first kappa shape index (κ1) is 38.6. The summed E-state index contributed by atoms with van der Waals surface area (Å²) in [5.74, 6) is 2.79. The predicted octanol–water partition coefficient (Wildman–Crippen LogP) is 7.24. The van der Waals surface area contributed by atoms with Crippen LogP contribution in [0.15, 0.2) is 60.7 Å². The van der Waals surface area contributed by atoms with Gasteiger partial charge >= 0.3 is 6.09 Å². The Morgan fingerprint density at radius 2 is 1.42 bits per heavy atom. The van der Waals surface area contributed by atoms with E-state index in [2.05, 4.69) is 0 Å². The number of amides is 2. The zero-order chi connectivity index (χ0) is 37.3. The van der Waals surface area contributed by atoms with Gasteiger partial charge in [0.2, 0.25) is 5.91 Å². The molecule has 282 valence electrons. The molecule has 0 aromatic heterocycles. The first-order chi connectivity index (χ1) is 25.0. The highest BCUT2D eigenvalue weighted by molar-refractivity contribution is 5.82. The largest absolute Gasteiger partial charge is 0.497 e. The highest BCUT2D eigenvalue weighted by Gasteiger charge is 2.43. The number of carbonyl (C=O) groups excluding carboxylic acids is 2. The van der Waals surface area contributed by atoms with Crippen molar-refractivity contribution in [2.75, 3.05) is 54.7 Å². The lowest BCUT2D eigenvalue weighted by Gasteiger charge is -2.40. The van der Waals surface area contributed by atoms with Gasteiger partial charge in [-0.2, -0.15) is 0 Å². The van der Waals surface area contributed by atoms with Crippen LogP contribution in [-0.4, -0.2) is 88.2 Å². The van der Waals surface area contributed by atoms with Crippen molar-refractivity contribution in [1.29, 1.82) is 0 Å². The molecule has 1 heterocycles. The molecule has 2 amide bonds. The van der Waals surface area contributed by atoms with Crippen LogP contribution in [0.5, 0.6) is 28.7 Å². The highest BCUT2D eigenvalue weighted by atomic mass is 16.6. The SMILES string of the molecule is COCCCOc1cc(CN(C(=O)[C@H]2CN(C(=O)OC(C)(C)C)CC[C@@H]2c2cccc(OCc3cc(OC)cc(OC)c3)c2)C2CC2)cc(OC)c1. The second kappa shape index (κ2) is 17.7. The van der Waals surface area contributed by atoms with Gasteiger partial charge in [0.1, 0.15) is 41.0 Å². The molecule has 1 aliphatic heterocycles. The molecule has 52 heavy (non-hydrogen) atoms. The molecule has 1 saturated heterocycles. The van der Waals surface area contributed by atoms with Gasteiger partial charge in [-0.3, -0.25) is 4.79 Å². The Hall–Kier alpha value is -4.64. The number of nitrogens with zero attached hydrogens (tertiary/aromatic N) is 2. The van der Waals surface area contributed by atoms with Crippen LogP contribution in [-0.2, 0) is 27.4 Å². The van der Waals surface area contributed by atoms with Crippen molar-refractivity contribution in [2.45, 2.75) is 77.2 Å². The minimum atomic E-state index is -0.651. The Labute approximate surface area is 308 Å². The van der Waals surface area contributed by atoms with Gasteiger partial charge in [-0.1, -0.05) is 12.1 Å². The summed E-state index contributed by atoms with van der Waals surface area (Å²) in [7, 11) is 6.53. The topological polar surface area (TPSA) is 105 Å². The van der Waals surface area contributed by atoms with E-state index in [1.54, 1.807) is 33.3 Å². The molecular weight excluding hydrogens is 664 g/mol. The molecule has 1 saturated carbocycles. The number of ether oxygens (including phenoxy) is 7. The Kier molecular flexibility index (Phi) is 13.2. The average molecular weight is 719 g/mol. The number of hydrogen-bond acceptors (Lipinski definition) is 9. The molecule has 11 heteroatoms. The molecular formula is C41H54N2O9. The Balaban J connectivity index is 1.40. The van der Waals surface area contributed by atoms with E-state index in [1.165, 1.54) is 0 Å². The molecule has 0 radical (unpaired) electrons. The first-order valence-corrected chi connectivity index (χ1v) is 18.0. The van der Waals surface area contributed by atoms with Crippen molar-refractivity contribution in [3.05, 3.63) is 77.4 Å². The van der Waals surface area contributed by atoms with Gasteiger partial charge in [0.15, 0.2) is 0 Å². The normalized spacial score (nSPS) is 17.2. The summed E-state index contributed by atoms with van der Waals surface area (Å²) >= 11 is 0. The fraction of sp³-hybridized carbons (Fsp3) is 0.512. The zero-order valence-corrected chi connectivity index (χ0v) is 31.6. The molecule has 5 rings (SSSR count). The fourth-order valence-corrected chi connectivity index (χ4v) is 6.54. The molecule has 0 bridgehead atoms. The average Bonchev–Trinajstić information content (AvgIpc) is 3.99. The molecule has 11 nitrogen and oxygen atoms in total. The van der Waals surface area contributed by atoms with Crippen molar-refractivity contribution in [3.8, 4) is 28.7 Å². The van der Waals surface area contributed by atoms with Crippen LogP contribution in [0.3, 0.4) is 0 Å². The summed E-state index contributed by atoms with van der Waals surface area (Å²) in [6, 6.07) is 19.5. The number of carbonyl (C=O) groups is 2. The summed E-state index contributed by atoms with van der Waals surface area (Å²) in [5, 5.41) is 0. The summed E-state index contributed by atoms with van der Waals surface area (Å²) in [5.41, 5.74) is 2.16. The molecule has 1 aliphatic carbocycles. The molecule has 0 N–H and O–H groups in total. The number of benzene rings is 3. The standard InChI is InChI=1S/C41H54N2O9/c1-41(2,3)52-40(45)42-15-14-37(30-10-8-11-32(22-30)51-27-29-20-34(48-6)23-35(21-29)49-7)38(26-42)39(44)43(31-12-13-31)25-28-18-33(47-5)24-36(19-28)50-17-9-16-46-4/h8,10-11,18-24,31,37-38H,9,12-17,25-27H2,1-7H3/t37-,38+/m1/s1. The van der Waals surface area contributed by atoms with Crippen LogP contribution in [0.1, 0.15) is 69.1 Å². The van der Waals surface area contributed by atoms with Crippen LogP contribution in [0.2, 0.25) is 0 Å². The van der Waals surface area contributed by atoms with Crippen molar-refractivity contribution in [1.82, 2.24) is 9.80 Å². The maximum absolute atomic E-state index is 14.8. The third-order valence-electron chi connectivity index (χ3n) is 9.25. The monoisotopic (exact) mass is 718 g/mol. The molecule has 2 atom stereocenters. The van der Waals surface area contributed by atoms with Crippen molar-refractivity contribution >= 4 is 12.0 Å². The summed E-state index contributed by atoms with van der Waals surface area (Å²) < 4.78 is 39.7. The quantitative estimate of drug-likeness (QED) is 0.142. The van der Waals surface area contributed by atoms with E-state index in [-0.39, 0.29) is 24.4 Å². The van der Waals surface area contributed by atoms with Gasteiger partial charge in [-0.15, -0.1) is 0 Å². The minimum Gasteiger partial charge on any atom is -0.497 e. The predicted molar refractivity (Wildman–Crippen MR) is 198 cm³/mol. The Morgan fingerprint density at radius 1 is 0.769 bits per heavy atom. The fourth-order valence-electron chi connectivity index (χ4n) is 6.54. The highest BCUT2D eigenvalue weighted by Crippen LogP contribution is 2.40. The zero-order valence-electron chi connectivity index (χ0n) is 31.6. The summed E-state index contributed by atoms with van der Waals surface area (Å²) in [6.45, 7) is 8.11. The van der Waals surface area contributed by atoms with E-state index in [0.29, 0.717) is 68.1 Å². The second-order valence-corrected chi connectivity index (χ2v) is 14.4. The van der Waals surface area contributed by atoms with Crippen LogP contribution in [0.25, 0.3) is 0 Å². The van der Waals surface area contributed by atoms with E-state index in [4.69, 9.17) is 33.2 Å². The van der Waals surface area contributed by atoms with Crippen LogP contribution >= 0.6 is 0 Å². The maximum atomic E-state index is 14.8. The van der Waals surface area contributed by atoms with Gasteiger partial charge < -0.3 is 43.0 Å². The van der Waals surface area contributed by atoms with Crippen molar-refractivity contribution < 1.29 is 42.7 Å². The minimum absolute atomic E-state index is 0.0148. The number of likely N-dealkylation sites (tertiary alicyclic amines) is 1. The lowest BCUT2D eigenvalue weighted by Crippen LogP contribution is -2.51. The second-order valence-electron chi connectivity index (χ2n) is 14.4. The number of rotatable bonds is 16. The summed E-state index contributed by atoms with van der Waals surface area (Å²) in [4.78, 5) is 31.8. The van der Waals surface area contributed by atoms with Gasteiger partial charge in [0.05, 0.1) is 33.9 Å². The number of hydrogen-bond donors (Lipinski definition) is 0. The molecule has 3 aromatic carbocycles. The van der Waals surface area contributed by atoms with Gasteiger partial charge in [-0.25, -0.2) is 4.79 Å². The van der Waals surface area contributed by atoms with Crippen molar-refractivity contribution in [2.24, 2.45) is 5.92 Å². The van der Waals surface area contributed by atoms with Crippen LogP contribution < -0.4 is 23.7 Å². The van der Waals surface area contributed by atoms with E-state index < -0.39 is 17.6 Å². The van der Waals surface area contributed by atoms with E-state index in [1.807, 2.05) is 86.3 Å². The lowest BCUT2D eigenvalue weighted by atomic mass is 9.79. The molecule has 2 fully saturated rings. The molecule has 2 aliphatic rings. The Bertz CT molecular complexity index is 1630. The van der Waals surface area contributed by atoms with Gasteiger partial charge in [-0.05, 0) is 99.0 Å². The smallest absolute Gasteiger partial charge is 0.410 e. The van der Waals surface area contributed by atoms with E-state index in [0.717, 1.165) is 36.0 Å². The third kappa shape index (κ3) is 10.7. The summed E-state index contributed by atoms with van der Waals surface area (Å²) in [6.07, 6.45) is 2.82. The number of methoxy groups -OCH3 is 4. The Morgan fingerprint density at radius 3 is 2.06 bits per heavy atom. The van der Waals surface area contributed by atoms with Crippen LogP contribution in [0.4, 0.5) is 4.79 Å². The lowest BCUT2D eigenvalue weighted by molar-refractivity contribution is -0.139. The third-order valence-corrected chi connectivity index (χ3v) is 9.25. The van der Waals surface area contributed by atoms with Gasteiger partial charge in [0, 0.05) is 57.9 Å². The van der Waals surface area contributed by atoms with Crippen molar-refractivity contribution in [3.63, 3.8) is 0 Å². The van der Waals surface area contributed by atoms with E-state index in [9.17, 15) is 9.59 Å². The maximum Gasteiger partial charge on any atom is 0.410 e. The first-order valence-electron chi connectivity index (χ1n) is 18.0. The molecule has 3 aromatic rings. The number of piperidine rings is 1. The van der Waals surface area contributed by atoms with Gasteiger partial charge in [0.25, 0.3) is 0 Å². The molecule has 0 spiro atoms. The van der Waals surface area contributed by atoms with E-state index >= 15 is 0 Å². The molecule has 0 unspecified atom stereocenters.